The molecular formula is C20H25ClFIN6. The molecule has 0 amide bonds. The molecule has 1 aromatic carbocycles. The maximum Gasteiger partial charge on any atom is 0.191 e. The lowest BCUT2D eigenvalue weighted by Gasteiger charge is -2.27. The first-order chi connectivity index (χ1) is 13.4. The predicted molar refractivity (Wildman–Crippen MR) is 126 cm³/mol. The fourth-order valence-electron chi connectivity index (χ4n) is 2.93. The monoisotopic (exact) mass is 530 g/mol. The van der Waals surface area contributed by atoms with Gasteiger partial charge < -0.3 is 10.6 Å². The van der Waals surface area contributed by atoms with Crippen LogP contribution in [0.3, 0.4) is 0 Å². The Labute approximate surface area is 192 Å². The van der Waals surface area contributed by atoms with E-state index in [1.807, 2.05) is 35.7 Å². The van der Waals surface area contributed by atoms with Gasteiger partial charge in [0.15, 0.2) is 17.4 Å². The van der Waals surface area contributed by atoms with Crippen molar-refractivity contribution in [3.8, 4) is 0 Å². The molecular weight excluding hydrogens is 506 g/mol. The Morgan fingerprint density at radius 1 is 1.21 bits per heavy atom. The number of rotatable bonds is 6. The van der Waals surface area contributed by atoms with E-state index in [4.69, 9.17) is 11.6 Å². The quantitative estimate of drug-likeness (QED) is 0.285. The summed E-state index contributed by atoms with van der Waals surface area (Å²) in [6.07, 6.45) is 1.92. The molecule has 0 atom stereocenters. The summed E-state index contributed by atoms with van der Waals surface area (Å²) in [4.78, 5) is 4.62. The summed E-state index contributed by atoms with van der Waals surface area (Å²) < 4.78 is 15.3. The second kappa shape index (κ2) is 10.2. The summed E-state index contributed by atoms with van der Waals surface area (Å²) in [5.41, 5.74) is 1.35. The van der Waals surface area contributed by atoms with Gasteiger partial charge in [-0.2, -0.15) is 0 Å². The van der Waals surface area contributed by atoms with E-state index in [-0.39, 0.29) is 35.2 Å². The SMILES string of the molecule is CCNC(=NCc1nnc2ccccn12)NCC(C)(C)c1ccc(F)cc1Cl.I. The molecule has 0 spiro atoms. The van der Waals surface area contributed by atoms with E-state index in [9.17, 15) is 4.39 Å². The van der Waals surface area contributed by atoms with Crippen LogP contribution in [0.15, 0.2) is 47.6 Å². The van der Waals surface area contributed by atoms with Gasteiger partial charge in [-0.1, -0.05) is 37.6 Å². The number of hydrogen-bond donors (Lipinski definition) is 2. The zero-order valence-electron chi connectivity index (χ0n) is 16.6. The van der Waals surface area contributed by atoms with Crippen LogP contribution in [0.25, 0.3) is 5.65 Å². The normalized spacial score (nSPS) is 12.0. The highest BCUT2D eigenvalue weighted by molar-refractivity contribution is 14.0. The van der Waals surface area contributed by atoms with Crippen LogP contribution in [0.5, 0.6) is 0 Å². The number of nitrogens with one attached hydrogen (secondary N) is 2. The summed E-state index contributed by atoms with van der Waals surface area (Å²) in [6, 6.07) is 10.3. The maximum absolute atomic E-state index is 13.4. The number of nitrogens with zero attached hydrogens (tertiary/aromatic N) is 4. The van der Waals surface area contributed by atoms with Gasteiger partial charge in [0.25, 0.3) is 0 Å². The fraction of sp³-hybridized carbons (Fsp3) is 0.350. The second-order valence-electron chi connectivity index (χ2n) is 7.10. The van der Waals surface area contributed by atoms with E-state index in [0.29, 0.717) is 24.1 Å². The number of benzene rings is 1. The number of guanidine groups is 1. The molecule has 0 unspecified atom stereocenters. The van der Waals surface area contributed by atoms with Gasteiger partial charge in [-0.3, -0.25) is 4.40 Å². The average molecular weight is 531 g/mol. The van der Waals surface area contributed by atoms with Crippen molar-refractivity contribution in [3.05, 3.63) is 64.8 Å². The second-order valence-corrected chi connectivity index (χ2v) is 7.51. The predicted octanol–water partition coefficient (Wildman–Crippen LogP) is 4.17. The minimum atomic E-state index is -0.340. The molecule has 2 heterocycles. The van der Waals surface area contributed by atoms with Crippen LogP contribution < -0.4 is 10.6 Å². The molecule has 2 aromatic heterocycles. The number of halogens is 3. The smallest absolute Gasteiger partial charge is 0.191 e. The van der Waals surface area contributed by atoms with Crippen LogP contribution in [0.2, 0.25) is 5.02 Å². The largest absolute Gasteiger partial charge is 0.357 e. The third-order valence-electron chi connectivity index (χ3n) is 4.47. The zero-order valence-corrected chi connectivity index (χ0v) is 19.7. The van der Waals surface area contributed by atoms with Gasteiger partial charge in [0.2, 0.25) is 0 Å². The first-order valence-corrected chi connectivity index (χ1v) is 9.55. The van der Waals surface area contributed by atoms with Gasteiger partial charge >= 0.3 is 0 Å². The van der Waals surface area contributed by atoms with Crippen LogP contribution in [-0.2, 0) is 12.0 Å². The molecule has 0 aliphatic rings. The first kappa shape index (κ1) is 23.3. The highest BCUT2D eigenvalue weighted by Gasteiger charge is 2.24. The zero-order chi connectivity index (χ0) is 20.1. The molecule has 0 aliphatic heterocycles. The van der Waals surface area contributed by atoms with Crippen LogP contribution in [0.4, 0.5) is 4.39 Å². The molecule has 0 fully saturated rings. The van der Waals surface area contributed by atoms with Crippen molar-refractivity contribution in [2.75, 3.05) is 13.1 Å². The van der Waals surface area contributed by atoms with Crippen molar-refractivity contribution >= 4 is 47.2 Å². The molecule has 0 bridgehead atoms. The van der Waals surface area contributed by atoms with Gasteiger partial charge in [-0.15, -0.1) is 34.2 Å². The number of hydrogen-bond acceptors (Lipinski definition) is 3. The Morgan fingerprint density at radius 2 is 2.00 bits per heavy atom. The number of pyridine rings is 1. The van der Waals surface area contributed by atoms with Gasteiger partial charge in [0.05, 0.1) is 0 Å². The molecule has 0 saturated carbocycles. The van der Waals surface area contributed by atoms with Crippen molar-refractivity contribution in [2.45, 2.75) is 32.7 Å². The summed E-state index contributed by atoms with van der Waals surface area (Å²) >= 11 is 6.24. The summed E-state index contributed by atoms with van der Waals surface area (Å²) in [6.45, 7) is 7.79. The van der Waals surface area contributed by atoms with E-state index in [2.05, 4.69) is 39.7 Å². The van der Waals surface area contributed by atoms with Crippen LogP contribution in [0.1, 0.15) is 32.2 Å². The summed E-state index contributed by atoms with van der Waals surface area (Å²) in [5.74, 6) is 1.09. The van der Waals surface area contributed by atoms with E-state index in [1.54, 1.807) is 6.07 Å². The fourth-order valence-corrected chi connectivity index (χ4v) is 3.35. The molecule has 6 nitrogen and oxygen atoms in total. The van der Waals surface area contributed by atoms with Gasteiger partial charge in [-0.05, 0) is 36.8 Å². The third-order valence-corrected chi connectivity index (χ3v) is 4.78. The van der Waals surface area contributed by atoms with Crippen molar-refractivity contribution in [2.24, 2.45) is 4.99 Å². The van der Waals surface area contributed by atoms with Crippen LogP contribution in [0, 0.1) is 5.82 Å². The number of fused-ring (bicyclic) bond motifs is 1. The van der Waals surface area contributed by atoms with Crippen molar-refractivity contribution in [1.82, 2.24) is 25.2 Å². The highest BCUT2D eigenvalue weighted by Crippen LogP contribution is 2.29. The molecule has 0 aliphatic carbocycles. The van der Waals surface area contributed by atoms with Crippen LogP contribution in [-0.4, -0.2) is 33.6 Å². The van der Waals surface area contributed by atoms with Gasteiger partial charge in [0, 0.05) is 29.7 Å². The topological polar surface area (TPSA) is 66.6 Å². The molecule has 0 radical (unpaired) electrons. The van der Waals surface area contributed by atoms with E-state index in [0.717, 1.165) is 23.6 Å². The van der Waals surface area contributed by atoms with Crippen LogP contribution >= 0.6 is 35.6 Å². The lowest BCUT2D eigenvalue weighted by atomic mass is 9.84. The Kier molecular flexibility index (Phi) is 8.21. The van der Waals surface area contributed by atoms with E-state index in [1.165, 1.54) is 12.1 Å². The Hall–Kier alpha value is -1.94. The molecule has 29 heavy (non-hydrogen) atoms. The highest BCUT2D eigenvalue weighted by atomic mass is 127. The molecule has 0 saturated heterocycles. The Balaban J connectivity index is 0.00000300. The number of aromatic nitrogens is 3. The molecule has 156 valence electrons. The lowest BCUT2D eigenvalue weighted by Crippen LogP contribution is -2.43. The van der Waals surface area contributed by atoms with Crippen molar-refractivity contribution in [3.63, 3.8) is 0 Å². The van der Waals surface area contributed by atoms with Crippen molar-refractivity contribution in [1.29, 1.82) is 0 Å². The van der Waals surface area contributed by atoms with E-state index >= 15 is 0 Å². The van der Waals surface area contributed by atoms with Gasteiger partial charge in [-0.25, -0.2) is 9.38 Å². The van der Waals surface area contributed by atoms with Crippen molar-refractivity contribution < 1.29 is 4.39 Å². The summed E-state index contributed by atoms with van der Waals surface area (Å²) in [7, 11) is 0. The first-order valence-electron chi connectivity index (χ1n) is 9.17. The Morgan fingerprint density at radius 3 is 2.72 bits per heavy atom. The Bertz CT molecular complexity index is 988. The lowest BCUT2D eigenvalue weighted by molar-refractivity contribution is 0.507. The standard InChI is InChI=1S/C20H24ClFN6.HI/c1-4-23-19(24-12-18-27-26-17-7-5-6-10-28(17)18)25-13-20(2,3)15-9-8-14(22)11-16(15)21;/h5-11H,4,12-13H2,1-3H3,(H2,23,24,25);1H. The average Bonchev–Trinajstić information content (AvgIpc) is 3.07. The molecule has 9 heteroatoms. The molecule has 3 rings (SSSR count). The maximum atomic E-state index is 13.4. The summed E-state index contributed by atoms with van der Waals surface area (Å²) in [5, 5.41) is 15.3. The minimum absolute atomic E-state index is 0. The minimum Gasteiger partial charge on any atom is -0.357 e. The third kappa shape index (κ3) is 5.79. The van der Waals surface area contributed by atoms with E-state index < -0.39 is 0 Å². The molecule has 3 aromatic rings. The van der Waals surface area contributed by atoms with Gasteiger partial charge in [0.1, 0.15) is 12.4 Å². The number of aliphatic imine (C=N–C) groups is 1. The molecule has 2 N–H and O–H groups in total.